The lowest BCUT2D eigenvalue weighted by molar-refractivity contribution is 0.419. The van der Waals surface area contributed by atoms with Crippen molar-refractivity contribution in [1.82, 2.24) is 4.98 Å². The van der Waals surface area contributed by atoms with Gasteiger partial charge in [-0.25, -0.2) is 4.98 Å². The van der Waals surface area contributed by atoms with E-state index in [2.05, 4.69) is 31.8 Å². The summed E-state index contributed by atoms with van der Waals surface area (Å²) >= 11 is 6.09. The van der Waals surface area contributed by atoms with Gasteiger partial charge in [-0.15, -0.1) is 0 Å². The molecule has 1 aromatic heterocycles. The van der Waals surface area contributed by atoms with Gasteiger partial charge < -0.3 is 4.74 Å². The predicted molar refractivity (Wildman–Crippen MR) is 72.0 cm³/mol. The topological polar surface area (TPSA) is 22.1 Å². The number of hydrogen-bond donors (Lipinski definition) is 0. The van der Waals surface area contributed by atoms with Gasteiger partial charge in [0.05, 0.1) is 12.8 Å². The molecule has 2 aromatic rings. The second-order valence-corrected chi connectivity index (χ2v) is 5.49. The number of benzene rings is 1. The molecular formula is C14H16ClNO. The second-order valence-electron chi connectivity index (χ2n) is 5.10. The summed E-state index contributed by atoms with van der Waals surface area (Å²) in [6.45, 7) is 6.39. The number of aromatic nitrogens is 1. The number of fused-ring (bicyclic) bond motifs is 1. The maximum absolute atomic E-state index is 6.09. The first-order valence-corrected chi connectivity index (χ1v) is 5.95. The number of nitrogens with zero attached hydrogens (tertiary/aromatic N) is 1. The van der Waals surface area contributed by atoms with Crippen LogP contribution in [0.25, 0.3) is 10.8 Å². The maximum Gasteiger partial charge on any atom is 0.130 e. The van der Waals surface area contributed by atoms with Gasteiger partial charge >= 0.3 is 0 Å². The van der Waals surface area contributed by atoms with Gasteiger partial charge in [0.1, 0.15) is 10.9 Å². The van der Waals surface area contributed by atoms with Crippen molar-refractivity contribution in [2.45, 2.75) is 26.2 Å². The molecule has 0 bridgehead atoms. The van der Waals surface area contributed by atoms with E-state index in [1.807, 2.05) is 18.2 Å². The molecule has 0 N–H and O–H groups in total. The van der Waals surface area contributed by atoms with Crippen molar-refractivity contribution in [3.05, 3.63) is 35.1 Å². The number of methoxy groups -OCH3 is 1. The van der Waals surface area contributed by atoms with Crippen LogP contribution >= 0.6 is 11.6 Å². The van der Waals surface area contributed by atoms with Gasteiger partial charge in [-0.2, -0.15) is 0 Å². The Hall–Kier alpha value is -1.28. The van der Waals surface area contributed by atoms with Crippen LogP contribution in [0.4, 0.5) is 0 Å². The summed E-state index contributed by atoms with van der Waals surface area (Å²) in [4.78, 5) is 4.46. The SMILES string of the molecule is COc1cccc2c(C(C)(C)C)nc(Cl)cc12. The highest BCUT2D eigenvalue weighted by Crippen LogP contribution is 2.34. The Morgan fingerprint density at radius 2 is 1.88 bits per heavy atom. The molecule has 0 unspecified atom stereocenters. The van der Waals surface area contributed by atoms with Crippen LogP contribution in [-0.4, -0.2) is 12.1 Å². The Kier molecular flexibility index (Phi) is 3.00. The molecule has 0 spiro atoms. The van der Waals surface area contributed by atoms with E-state index >= 15 is 0 Å². The summed E-state index contributed by atoms with van der Waals surface area (Å²) in [6, 6.07) is 7.82. The molecular weight excluding hydrogens is 234 g/mol. The van der Waals surface area contributed by atoms with Crippen molar-refractivity contribution in [3.63, 3.8) is 0 Å². The Morgan fingerprint density at radius 1 is 1.18 bits per heavy atom. The van der Waals surface area contributed by atoms with Crippen molar-refractivity contribution < 1.29 is 4.74 Å². The normalized spacial score (nSPS) is 11.8. The zero-order valence-corrected chi connectivity index (χ0v) is 11.3. The lowest BCUT2D eigenvalue weighted by Gasteiger charge is -2.21. The highest BCUT2D eigenvalue weighted by molar-refractivity contribution is 6.30. The van der Waals surface area contributed by atoms with Gasteiger partial charge in [0, 0.05) is 16.2 Å². The van der Waals surface area contributed by atoms with Gasteiger partial charge in [0.2, 0.25) is 0 Å². The molecule has 0 amide bonds. The van der Waals surface area contributed by atoms with Crippen molar-refractivity contribution in [2.75, 3.05) is 7.11 Å². The standard InChI is InChI=1S/C14H16ClNO/c1-14(2,3)13-9-6-5-7-11(17-4)10(9)8-12(15)16-13/h5-8H,1-4H3. The van der Waals surface area contributed by atoms with Gasteiger partial charge in [0.25, 0.3) is 0 Å². The third kappa shape index (κ3) is 2.22. The number of rotatable bonds is 1. The molecule has 2 nitrogen and oxygen atoms in total. The zero-order valence-electron chi connectivity index (χ0n) is 10.5. The Morgan fingerprint density at radius 3 is 2.47 bits per heavy atom. The number of pyridine rings is 1. The molecule has 1 aromatic carbocycles. The molecule has 0 saturated carbocycles. The first kappa shape index (κ1) is 12.2. The lowest BCUT2D eigenvalue weighted by atomic mass is 9.88. The minimum atomic E-state index is -0.0461. The van der Waals surface area contributed by atoms with Crippen LogP contribution in [0.15, 0.2) is 24.3 Å². The van der Waals surface area contributed by atoms with E-state index in [0.29, 0.717) is 5.15 Å². The second kappa shape index (κ2) is 4.19. The van der Waals surface area contributed by atoms with E-state index in [4.69, 9.17) is 16.3 Å². The van der Waals surface area contributed by atoms with E-state index in [1.165, 1.54) is 0 Å². The summed E-state index contributed by atoms with van der Waals surface area (Å²) < 4.78 is 5.36. The molecule has 0 aliphatic rings. The molecule has 2 rings (SSSR count). The van der Waals surface area contributed by atoms with Gasteiger partial charge in [0.15, 0.2) is 0 Å². The van der Waals surface area contributed by atoms with E-state index in [1.54, 1.807) is 7.11 Å². The Balaban J connectivity index is 2.86. The molecule has 0 radical (unpaired) electrons. The molecule has 0 atom stereocenters. The number of ether oxygens (including phenoxy) is 1. The summed E-state index contributed by atoms with van der Waals surface area (Å²) in [5, 5.41) is 2.62. The average Bonchev–Trinajstić information content (AvgIpc) is 2.26. The predicted octanol–water partition coefficient (Wildman–Crippen LogP) is 4.19. The summed E-state index contributed by atoms with van der Waals surface area (Å²) in [7, 11) is 1.67. The zero-order chi connectivity index (χ0) is 12.6. The molecule has 0 saturated heterocycles. The van der Waals surface area contributed by atoms with E-state index in [0.717, 1.165) is 22.2 Å². The molecule has 90 valence electrons. The van der Waals surface area contributed by atoms with Crippen LogP contribution in [-0.2, 0) is 5.41 Å². The third-order valence-corrected chi connectivity index (χ3v) is 2.93. The minimum Gasteiger partial charge on any atom is -0.496 e. The van der Waals surface area contributed by atoms with Crippen LogP contribution in [0.3, 0.4) is 0 Å². The molecule has 1 heterocycles. The first-order valence-electron chi connectivity index (χ1n) is 5.57. The highest BCUT2D eigenvalue weighted by Gasteiger charge is 2.20. The largest absolute Gasteiger partial charge is 0.496 e. The van der Waals surface area contributed by atoms with Crippen LogP contribution in [0, 0.1) is 0 Å². The monoisotopic (exact) mass is 249 g/mol. The minimum absolute atomic E-state index is 0.0461. The fourth-order valence-electron chi connectivity index (χ4n) is 1.97. The fraction of sp³-hybridized carbons (Fsp3) is 0.357. The van der Waals surface area contributed by atoms with Crippen LogP contribution in [0.2, 0.25) is 5.15 Å². The highest BCUT2D eigenvalue weighted by atomic mass is 35.5. The van der Waals surface area contributed by atoms with Crippen molar-refractivity contribution in [1.29, 1.82) is 0 Å². The van der Waals surface area contributed by atoms with Crippen LogP contribution in [0.1, 0.15) is 26.5 Å². The van der Waals surface area contributed by atoms with Crippen molar-refractivity contribution in [3.8, 4) is 5.75 Å². The lowest BCUT2D eigenvalue weighted by Crippen LogP contribution is -2.14. The van der Waals surface area contributed by atoms with Crippen LogP contribution < -0.4 is 4.74 Å². The van der Waals surface area contributed by atoms with E-state index < -0.39 is 0 Å². The average molecular weight is 250 g/mol. The molecule has 3 heteroatoms. The van der Waals surface area contributed by atoms with E-state index in [9.17, 15) is 0 Å². The number of halogens is 1. The molecule has 0 aliphatic carbocycles. The summed E-state index contributed by atoms with van der Waals surface area (Å²) in [5.41, 5.74) is 0.953. The molecule has 0 fully saturated rings. The van der Waals surface area contributed by atoms with Gasteiger partial charge in [-0.3, -0.25) is 0 Å². The molecule has 0 aliphatic heterocycles. The smallest absolute Gasteiger partial charge is 0.130 e. The van der Waals surface area contributed by atoms with Crippen LogP contribution in [0.5, 0.6) is 5.75 Å². The fourth-order valence-corrected chi connectivity index (χ4v) is 2.16. The summed E-state index contributed by atoms with van der Waals surface area (Å²) in [5.74, 6) is 0.831. The number of hydrogen-bond acceptors (Lipinski definition) is 2. The van der Waals surface area contributed by atoms with Gasteiger partial charge in [-0.05, 0) is 12.1 Å². The van der Waals surface area contributed by atoms with Crippen molar-refractivity contribution >= 4 is 22.4 Å². The quantitative estimate of drug-likeness (QED) is 0.707. The first-order chi connectivity index (χ1) is 7.93. The van der Waals surface area contributed by atoms with E-state index in [-0.39, 0.29) is 5.41 Å². The third-order valence-electron chi connectivity index (χ3n) is 2.73. The van der Waals surface area contributed by atoms with Crippen molar-refractivity contribution in [2.24, 2.45) is 0 Å². The Labute approximate surface area is 107 Å². The maximum atomic E-state index is 6.09. The van der Waals surface area contributed by atoms with Gasteiger partial charge in [-0.1, -0.05) is 44.5 Å². The molecule has 17 heavy (non-hydrogen) atoms. The summed E-state index contributed by atoms with van der Waals surface area (Å²) in [6.07, 6.45) is 0. The Bertz CT molecular complexity index is 558.